The monoisotopic (exact) mass is 196 g/mol. The number of carbonyl (C=O) groups is 1. The summed E-state index contributed by atoms with van der Waals surface area (Å²) in [5, 5.41) is 7.43. The molecule has 13 heavy (non-hydrogen) atoms. The van der Waals surface area contributed by atoms with Gasteiger partial charge in [-0.25, -0.2) is 4.09 Å². The van der Waals surface area contributed by atoms with E-state index in [0.29, 0.717) is 11.4 Å². The first kappa shape index (κ1) is 8.00. The van der Waals surface area contributed by atoms with Crippen LogP contribution in [0.1, 0.15) is 10.5 Å². The summed E-state index contributed by atoms with van der Waals surface area (Å²) >= 11 is 5.81. The lowest BCUT2D eigenvalue weighted by Gasteiger charge is -2.05. The van der Waals surface area contributed by atoms with Crippen molar-refractivity contribution in [2.24, 2.45) is 5.73 Å². The van der Waals surface area contributed by atoms with Crippen molar-refractivity contribution in [2.75, 3.05) is 0 Å². The second kappa shape index (κ2) is 2.70. The predicted octanol–water partition coefficient (Wildman–Crippen LogP) is 0.484. The van der Waals surface area contributed by atoms with Gasteiger partial charge >= 0.3 is 0 Å². The van der Waals surface area contributed by atoms with Crippen molar-refractivity contribution in [3.05, 3.63) is 24.0 Å². The Hall–Kier alpha value is -1.62. The van der Waals surface area contributed by atoms with E-state index in [1.807, 2.05) is 0 Å². The molecule has 0 aliphatic carbocycles. The molecule has 0 unspecified atom stereocenters. The Morgan fingerprint density at radius 1 is 1.54 bits per heavy atom. The van der Waals surface area contributed by atoms with Gasteiger partial charge in [-0.2, -0.15) is 5.10 Å². The quantitative estimate of drug-likeness (QED) is 0.721. The Kier molecular flexibility index (Phi) is 1.66. The highest BCUT2D eigenvalue weighted by atomic mass is 35.5. The molecule has 0 saturated carbocycles. The molecule has 2 heterocycles. The van der Waals surface area contributed by atoms with Gasteiger partial charge in [-0.05, 0) is 12.1 Å². The summed E-state index contributed by atoms with van der Waals surface area (Å²) in [4.78, 5) is 10.9. The number of rotatable bonds is 1. The largest absolute Gasteiger partial charge is 0.364 e. The van der Waals surface area contributed by atoms with Gasteiger partial charge in [0.15, 0.2) is 0 Å². The molecule has 0 aromatic carbocycles. The van der Waals surface area contributed by atoms with E-state index in [1.165, 1.54) is 12.3 Å². The summed E-state index contributed by atoms with van der Waals surface area (Å²) in [6, 6.07) is 3.15. The van der Waals surface area contributed by atoms with Gasteiger partial charge in [0.25, 0.3) is 5.91 Å². The molecule has 66 valence electrons. The average molecular weight is 197 g/mol. The number of pyridine rings is 1. The molecule has 5 nitrogen and oxygen atoms in total. The van der Waals surface area contributed by atoms with Crippen molar-refractivity contribution in [1.29, 1.82) is 0 Å². The minimum Gasteiger partial charge on any atom is -0.364 e. The molecule has 0 atom stereocenters. The Morgan fingerprint density at radius 2 is 2.31 bits per heavy atom. The first-order valence-corrected chi connectivity index (χ1v) is 3.83. The van der Waals surface area contributed by atoms with Crippen LogP contribution in [0.2, 0.25) is 0 Å². The van der Waals surface area contributed by atoms with Gasteiger partial charge in [0.1, 0.15) is 17.1 Å². The van der Waals surface area contributed by atoms with Crippen LogP contribution in [-0.2, 0) is 0 Å². The summed E-state index contributed by atoms with van der Waals surface area (Å²) in [5.74, 6) is -0.585. The molecule has 0 fully saturated rings. The minimum atomic E-state index is -0.585. The summed E-state index contributed by atoms with van der Waals surface area (Å²) in [6.07, 6.45) is 1.47. The molecule has 0 aromatic heterocycles. The number of fused-ring (bicyclic) bond motifs is 1. The third kappa shape index (κ3) is 1.13. The van der Waals surface area contributed by atoms with E-state index in [1.54, 1.807) is 6.07 Å². The molecule has 2 rings (SSSR count). The summed E-state index contributed by atoms with van der Waals surface area (Å²) in [6.45, 7) is 0. The summed E-state index contributed by atoms with van der Waals surface area (Å²) < 4.78 is 1.15. The van der Waals surface area contributed by atoms with Crippen LogP contribution in [0, 0.1) is 0 Å². The molecule has 0 saturated heterocycles. The highest BCUT2D eigenvalue weighted by Gasteiger charge is 2.14. The van der Waals surface area contributed by atoms with E-state index in [0.717, 1.165) is 4.09 Å². The number of nitrogens with two attached hydrogens (primary N) is 1. The van der Waals surface area contributed by atoms with Crippen molar-refractivity contribution >= 4 is 17.7 Å². The average Bonchev–Trinajstić information content (AvgIpc) is 2.52. The standard InChI is InChI=1S/C7H5ClN4O/c8-12-5(7(9)13)2-1-4-6(12)3-10-11-4/h1-3H,(H2,9,13). The minimum absolute atomic E-state index is 0.212. The first-order valence-electron chi connectivity index (χ1n) is 3.49. The number of halogens is 1. The second-order valence-corrected chi connectivity index (χ2v) is 2.82. The molecule has 0 radical (unpaired) electrons. The highest BCUT2D eigenvalue weighted by Crippen LogP contribution is 2.21. The molecule has 2 N–H and O–H groups in total. The van der Waals surface area contributed by atoms with Crippen molar-refractivity contribution in [2.45, 2.75) is 0 Å². The summed E-state index contributed by atoms with van der Waals surface area (Å²) in [7, 11) is 0. The second-order valence-electron chi connectivity index (χ2n) is 2.48. The number of carbonyl (C=O) groups excluding carboxylic acids is 1. The van der Waals surface area contributed by atoms with E-state index in [-0.39, 0.29) is 5.69 Å². The number of primary amides is 1. The first-order chi connectivity index (χ1) is 6.20. The lowest BCUT2D eigenvalue weighted by atomic mass is 10.2. The van der Waals surface area contributed by atoms with Gasteiger partial charge in [-0.15, -0.1) is 5.10 Å². The van der Waals surface area contributed by atoms with Gasteiger partial charge in [0, 0.05) is 11.8 Å². The van der Waals surface area contributed by atoms with E-state index in [4.69, 9.17) is 17.5 Å². The molecular weight excluding hydrogens is 192 g/mol. The lowest BCUT2D eigenvalue weighted by Crippen LogP contribution is -2.16. The van der Waals surface area contributed by atoms with Crippen LogP contribution in [0.15, 0.2) is 18.3 Å². The third-order valence-electron chi connectivity index (χ3n) is 1.68. The van der Waals surface area contributed by atoms with Crippen molar-refractivity contribution in [3.63, 3.8) is 0 Å². The zero-order chi connectivity index (χ0) is 9.42. The molecule has 0 bridgehead atoms. The third-order valence-corrected chi connectivity index (χ3v) is 2.05. The zero-order valence-corrected chi connectivity index (χ0v) is 7.19. The fourth-order valence-corrected chi connectivity index (χ4v) is 1.33. The fourth-order valence-electron chi connectivity index (χ4n) is 1.07. The number of hydrogen-bond donors (Lipinski definition) is 1. The van der Waals surface area contributed by atoms with Gasteiger partial charge in [-0.3, -0.25) is 4.79 Å². The van der Waals surface area contributed by atoms with E-state index in [9.17, 15) is 4.79 Å². The smallest absolute Gasteiger partial charge is 0.266 e. The molecule has 0 aromatic rings. The number of nitrogens with zero attached hydrogens (tertiary/aromatic N) is 3. The number of aromatic nitrogens is 3. The molecule has 2 aliphatic heterocycles. The maximum absolute atomic E-state index is 10.9. The van der Waals surface area contributed by atoms with Crippen LogP contribution < -0.4 is 5.73 Å². The highest BCUT2D eigenvalue weighted by molar-refractivity contribution is 6.19. The van der Waals surface area contributed by atoms with E-state index < -0.39 is 5.91 Å². The number of amides is 1. The number of hydrogen-bond acceptors (Lipinski definition) is 3. The Labute approximate surface area is 78.6 Å². The van der Waals surface area contributed by atoms with Crippen molar-refractivity contribution in [3.8, 4) is 11.4 Å². The molecule has 0 spiro atoms. The molecule has 2 aliphatic rings. The zero-order valence-electron chi connectivity index (χ0n) is 6.44. The van der Waals surface area contributed by atoms with Crippen molar-refractivity contribution < 1.29 is 4.79 Å². The Bertz CT molecular complexity index is 438. The van der Waals surface area contributed by atoms with Crippen LogP contribution in [0.25, 0.3) is 11.4 Å². The lowest BCUT2D eigenvalue weighted by molar-refractivity contribution is 0.0994. The van der Waals surface area contributed by atoms with Gasteiger partial charge in [0.05, 0.1) is 6.20 Å². The van der Waals surface area contributed by atoms with Gasteiger partial charge in [0.2, 0.25) is 0 Å². The molecule has 1 amide bonds. The molecular formula is C7H5ClN4O. The Morgan fingerprint density at radius 3 is 3.00 bits per heavy atom. The van der Waals surface area contributed by atoms with Crippen LogP contribution >= 0.6 is 11.8 Å². The van der Waals surface area contributed by atoms with E-state index in [2.05, 4.69) is 10.2 Å². The van der Waals surface area contributed by atoms with E-state index >= 15 is 0 Å². The SMILES string of the molecule is NC(=O)c1ccc2nncc-2n1Cl. The van der Waals surface area contributed by atoms with Crippen LogP contribution in [-0.4, -0.2) is 20.2 Å². The normalized spacial score (nSPS) is 10.5. The predicted molar refractivity (Wildman–Crippen MR) is 46.4 cm³/mol. The van der Waals surface area contributed by atoms with Gasteiger partial charge < -0.3 is 5.73 Å². The summed E-state index contributed by atoms with van der Waals surface area (Å²) in [5.41, 5.74) is 6.49. The van der Waals surface area contributed by atoms with Gasteiger partial charge in [-0.1, -0.05) is 0 Å². The van der Waals surface area contributed by atoms with Crippen LogP contribution in [0.5, 0.6) is 0 Å². The maximum atomic E-state index is 10.9. The van der Waals surface area contributed by atoms with Crippen LogP contribution in [0.4, 0.5) is 0 Å². The Balaban J connectivity index is 2.74. The van der Waals surface area contributed by atoms with Crippen molar-refractivity contribution in [1.82, 2.24) is 14.3 Å². The molecule has 6 heteroatoms. The fraction of sp³-hybridized carbons (Fsp3) is 0. The topological polar surface area (TPSA) is 73.8 Å². The maximum Gasteiger partial charge on any atom is 0.266 e. The van der Waals surface area contributed by atoms with Crippen LogP contribution in [0.3, 0.4) is 0 Å².